The number of nitrogens with one attached hydrogen (secondary N) is 1. The number of carbonyl (C=O) groups is 2. The van der Waals surface area contributed by atoms with Crippen molar-refractivity contribution in [2.24, 2.45) is 5.92 Å². The molecule has 0 aliphatic carbocycles. The molecule has 2 heterocycles. The maximum absolute atomic E-state index is 12.7. The van der Waals surface area contributed by atoms with Crippen LogP contribution in [-0.2, 0) is 19.6 Å². The van der Waals surface area contributed by atoms with Crippen molar-refractivity contribution >= 4 is 27.7 Å². The van der Waals surface area contributed by atoms with E-state index in [0.29, 0.717) is 44.9 Å². The smallest absolute Gasteiger partial charge is 0.409 e. The predicted octanol–water partition coefficient (Wildman–Crippen LogP) is 2.28. The molecule has 1 aromatic carbocycles. The summed E-state index contributed by atoms with van der Waals surface area (Å²) in [6.45, 7) is 3.98. The van der Waals surface area contributed by atoms with Gasteiger partial charge in [-0.1, -0.05) is 6.07 Å². The highest BCUT2D eigenvalue weighted by Crippen LogP contribution is 2.24. The first-order valence-corrected chi connectivity index (χ1v) is 11.2. The molecule has 9 heteroatoms. The Morgan fingerprint density at radius 3 is 2.64 bits per heavy atom. The maximum atomic E-state index is 12.7. The van der Waals surface area contributed by atoms with Crippen LogP contribution in [0.15, 0.2) is 29.2 Å². The minimum absolute atomic E-state index is 0.184. The molecule has 1 aromatic rings. The molecular formula is C19H27N3O5S. The van der Waals surface area contributed by atoms with Gasteiger partial charge in [-0.2, -0.15) is 4.31 Å². The molecule has 0 unspecified atom stereocenters. The molecule has 3 rings (SSSR count). The lowest BCUT2D eigenvalue weighted by atomic mass is 9.97. The number of sulfonamides is 1. The molecule has 8 nitrogen and oxygen atoms in total. The van der Waals surface area contributed by atoms with E-state index in [2.05, 4.69) is 5.32 Å². The summed E-state index contributed by atoms with van der Waals surface area (Å²) in [6.07, 6.45) is 2.73. The third-order valence-corrected chi connectivity index (χ3v) is 7.02. The van der Waals surface area contributed by atoms with E-state index in [-0.39, 0.29) is 16.7 Å². The lowest BCUT2D eigenvalue weighted by Gasteiger charge is -2.31. The third kappa shape index (κ3) is 4.64. The monoisotopic (exact) mass is 409 g/mol. The van der Waals surface area contributed by atoms with E-state index in [9.17, 15) is 18.0 Å². The van der Waals surface area contributed by atoms with Gasteiger partial charge < -0.3 is 15.0 Å². The van der Waals surface area contributed by atoms with Gasteiger partial charge in [-0.05, 0) is 50.8 Å². The van der Waals surface area contributed by atoms with Crippen molar-refractivity contribution in [3.63, 3.8) is 0 Å². The van der Waals surface area contributed by atoms with Crippen LogP contribution in [-0.4, -0.2) is 62.4 Å². The topological polar surface area (TPSA) is 96.0 Å². The molecule has 0 radical (unpaired) electrons. The number of hydrogen-bond acceptors (Lipinski definition) is 5. The highest BCUT2D eigenvalue weighted by Gasteiger charge is 2.30. The predicted molar refractivity (Wildman–Crippen MR) is 104 cm³/mol. The first kappa shape index (κ1) is 20.6. The number of ether oxygens (including phenoxy) is 1. The number of nitrogens with zero attached hydrogens (tertiary/aromatic N) is 2. The van der Waals surface area contributed by atoms with Gasteiger partial charge in [0.15, 0.2) is 0 Å². The first-order valence-electron chi connectivity index (χ1n) is 9.74. The van der Waals surface area contributed by atoms with Crippen LogP contribution in [0.1, 0.15) is 32.6 Å². The maximum Gasteiger partial charge on any atom is 0.409 e. The summed E-state index contributed by atoms with van der Waals surface area (Å²) in [5.41, 5.74) is 0.443. The molecule has 2 saturated heterocycles. The molecule has 2 aliphatic heterocycles. The highest BCUT2D eigenvalue weighted by molar-refractivity contribution is 7.89. The number of piperidine rings is 1. The number of anilines is 1. The average molecular weight is 410 g/mol. The van der Waals surface area contributed by atoms with Gasteiger partial charge in [0.1, 0.15) is 0 Å². The van der Waals surface area contributed by atoms with Crippen LogP contribution in [0, 0.1) is 5.92 Å². The van der Waals surface area contributed by atoms with Crippen LogP contribution in [0.4, 0.5) is 10.5 Å². The summed E-state index contributed by atoms with van der Waals surface area (Å²) < 4.78 is 31.9. The SMILES string of the molecule is CCOC(=O)N1CCC[C@H](C(=O)Nc2cccc(S(=O)(=O)N3CCCC3)c2)C1. The lowest BCUT2D eigenvalue weighted by Crippen LogP contribution is -2.44. The van der Waals surface area contributed by atoms with E-state index in [1.165, 1.54) is 10.4 Å². The summed E-state index contributed by atoms with van der Waals surface area (Å²) in [4.78, 5) is 26.3. The van der Waals surface area contributed by atoms with Crippen LogP contribution in [0.25, 0.3) is 0 Å². The molecule has 0 spiro atoms. The largest absolute Gasteiger partial charge is 0.450 e. The van der Waals surface area contributed by atoms with E-state index in [1.807, 2.05) is 0 Å². The zero-order chi connectivity index (χ0) is 20.1. The average Bonchev–Trinajstić information content (AvgIpc) is 3.24. The van der Waals surface area contributed by atoms with Gasteiger partial charge in [0.05, 0.1) is 17.4 Å². The van der Waals surface area contributed by atoms with E-state index >= 15 is 0 Å². The van der Waals surface area contributed by atoms with Crippen LogP contribution >= 0.6 is 0 Å². The Morgan fingerprint density at radius 1 is 1.18 bits per heavy atom. The van der Waals surface area contributed by atoms with Crippen LogP contribution in [0.2, 0.25) is 0 Å². The standard InChI is InChI=1S/C19H27N3O5S/c1-2-27-19(24)21-10-6-7-15(14-21)18(23)20-16-8-5-9-17(13-16)28(25,26)22-11-3-4-12-22/h5,8-9,13,15H,2-4,6-7,10-12,14H2,1H3,(H,20,23)/t15-/m0/s1. The highest BCUT2D eigenvalue weighted by atomic mass is 32.2. The van der Waals surface area contributed by atoms with Crippen molar-refractivity contribution in [2.75, 3.05) is 38.1 Å². The molecule has 2 amide bonds. The minimum atomic E-state index is -3.54. The Balaban J connectivity index is 1.66. The summed E-state index contributed by atoms with van der Waals surface area (Å²) >= 11 is 0. The first-order chi connectivity index (χ1) is 13.4. The molecule has 28 heavy (non-hydrogen) atoms. The second kappa shape index (κ2) is 8.91. The van der Waals surface area contributed by atoms with Crippen molar-refractivity contribution in [1.82, 2.24) is 9.21 Å². The van der Waals surface area contributed by atoms with Crippen molar-refractivity contribution in [3.05, 3.63) is 24.3 Å². The normalized spacial score (nSPS) is 20.8. The zero-order valence-electron chi connectivity index (χ0n) is 16.1. The quantitative estimate of drug-likeness (QED) is 0.805. The zero-order valence-corrected chi connectivity index (χ0v) is 16.9. The van der Waals surface area contributed by atoms with Crippen molar-refractivity contribution in [2.45, 2.75) is 37.5 Å². The number of rotatable bonds is 5. The van der Waals surface area contributed by atoms with E-state index in [4.69, 9.17) is 4.74 Å². The van der Waals surface area contributed by atoms with Gasteiger partial charge in [-0.25, -0.2) is 13.2 Å². The fraction of sp³-hybridized carbons (Fsp3) is 0.579. The Labute approximate surface area is 165 Å². The van der Waals surface area contributed by atoms with Gasteiger partial charge in [0.25, 0.3) is 0 Å². The number of carbonyl (C=O) groups excluding carboxylic acids is 2. The Bertz CT molecular complexity index is 821. The van der Waals surface area contributed by atoms with Crippen LogP contribution < -0.4 is 5.32 Å². The minimum Gasteiger partial charge on any atom is -0.450 e. The third-order valence-electron chi connectivity index (χ3n) is 5.12. The second-order valence-corrected chi connectivity index (χ2v) is 9.05. The fourth-order valence-electron chi connectivity index (χ4n) is 3.63. The number of amides is 2. The summed E-state index contributed by atoms with van der Waals surface area (Å²) in [5, 5.41) is 2.81. The molecule has 1 N–H and O–H groups in total. The Kier molecular flexibility index (Phi) is 6.56. The van der Waals surface area contributed by atoms with Gasteiger partial charge in [-0.3, -0.25) is 4.79 Å². The van der Waals surface area contributed by atoms with E-state index < -0.39 is 16.1 Å². The Hall–Kier alpha value is -2.13. The van der Waals surface area contributed by atoms with Crippen molar-refractivity contribution in [1.29, 1.82) is 0 Å². The van der Waals surface area contributed by atoms with Crippen LogP contribution in [0.5, 0.6) is 0 Å². The number of benzene rings is 1. The van der Waals surface area contributed by atoms with Gasteiger partial charge in [0.2, 0.25) is 15.9 Å². The molecule has 2 aliphatic rings. The summed E-state index contributed by atoms with van der Waals surface area (Å²) in [6, 6.07) is 6.35. The molecule has 0 aromatic heterocycles. The molecule has 2 fully saturated rings. The van der Waals surface area contributed by atoms with Gasteiger partial charge >= 0.3 is 6.09 Å². The van der Waals surface area contributed by atoms with Crippen LogP contribution in [0.3, 0.4) is 0 Å². The molecule has 0 bridgehead atoms. The fourth-order valence-corrected chi connectivity index (χ4v) is 5.19. The van der Waals surface area contributed by atoms with Gasteiger partial charge in [0, 0.05) is 31.9 Å². The van der Waals surface area contributed by atoms with Gasteiger partial charge in [-0.15, -0.1) is 0 Å². The van der Waals surface area contributed by atoms with E-state index in [1.54, 1.807) is 30.0 Å². The molecule has 0 saturated carbocycles. The van der Waals surface area contributed by atoms with Crippen molar-refractivity contribution < 1.29 is 22.7 Å². The Morgan fingerprint density at radius 2 is 1.93 bits per heavy atom. The molecule has 154 valence electrons. The molecular weight excluding hydrogens is 382 g/mol. The summed E-state index contributed by atoms with van der Waals surface area (Å²) in [7, 11) is -3.54. The van der Waals surface area contributed by atoms with Crippen molar-refractivity contribution in [3.8, 4) is 0 Å². The lowest BCUT2D eigenvalue weighted by molar-refractivity contribution is -0.121. The second-order valence-electron chi connectivity index (χ2n) is 7.11. The van der Waals surface area contributed by atoms with E-state index in [0.717, 1.165) is 19.3 Å². The summed E-state index contributed by atoms with van der Waals surface area (Å²) in [5.74, 6) is -0.568. The number of likely N-dealkylation sites (tertiary alicyclic amines) is 1. The molecule has 1 atom stereocenters. The number of hydrogen-bond donors (Lipinski definition) is 1.